The molecule has 0 radical (unpaired) electrons. The first-order valence-corrected chi connectivity index (χ1v) is 11.2. The zero-order valence-electron chi connectivity index (χ0n) is 18.5. The van der Waals surface area contributed by atoms with Crippen LogP contribution in [-0.2, 0) is 15.9 Å². The van der Waals surface area contributed by atoms with Gasteiger partial charge in [-0.15, -0.1) is 0 Å². The second-order valence-electron chi connectivity index (χ2n) is 9.26. The first kappa shape index (κ1) is 20.9. The highest BCUT2D eigenvalue weighted by molar-refractivity contribution is 6.47. The van der Waals surface area contributed by atoms with Gasteiger partial charge in [-0.3, -0.25) is 4.99 Å². The Labute approximate surface area is 191 Å². The van der Waals surface area contributed by atoms with E-state index in [-0.39, 0.29) is 19.2 Å². The molecule has 6 atom stereocenters. The van der Waals surface area contributed by atoms with Gasteiger partial charge < -0.3 is 30.3 Å². The van der Waals surface area contributed by atoms with Crippen LogP contribution in [-0.4, -0.2) is 83.1 Å². The largest absolute Gasteiger partial charge is 0.394 e. The number of methoxy groups -OCH3 is 1. The monoisotopic (exact) mass is 449 g/mol. The molecule has 2 aromatic rings. The molecule has 1 aliphatic carbocycles. The standard InChI is InChI=1S/C24H27N5O4/c1-23(21(32-2)19(31)17(10-30)33-23)29-12-27-20-22(29)26-11-28-24(20,25)16-9-14-7-3-5-13-6-4-8-15(16)18(13)14/h3-8,11,16-17,19,21,30-31H,9-10,12,25H2,1-2H3/t16?,17-,19-,21-,23-,24?/m1/s1. The van der Waals surface area contributed by atoms with E-state index in [1.807, 2.05) is 11.8 Å². The Kier molecular flexibility index (Phi) is 4.53. The molecule has 0 spiro atoms. The van der Waals surface area contributed by atoms with Gasteiger partial charge in [0.2, 0.25) is 0 Å². The van der Waals surface area contributed by atoms with Crippen molar-refractivity contribution in [3.8, 4) is 0 Å². The summed E-state index contributed by atoms with van der Waals surface area (Å²) in [6, 6.07) is 12.6. The van der Waals surface area contributed by atoms with Crippen molar-refractivity contribution in [1.82, 2.24) is 4.90 Å². The summed E-state index contributed by atoms with van der Waals surface area (Å²) >= 11 is 0. The van der Waals surface area contributed by atoms with E-state index in [2.05, 4.69) is 46.4 Å². The van der Waals surface area contributed by atoms with E-state index in [9.17, 15) is 10.2 Å². The third kappa shape index (κ3) is 2.68. The molecular weight excluding hydrogens is 422 g/mol. The minimum atomic E-state index is -1.09. The van der Waals surface area contributed by atoms with Gasteiger partial charge in [0.1, 0.15) is 37.0 Å². The molecule has 0 amide bonds. The molecular formula is C24H27N5O4. The Morgan fingerprint density at radius 2 is 2.06 bits per heavy atom. The minimum absolute atomic E-state index is 0.0923. The first-order chi connectivity index (χ1) is 15.9. The van der Waals surface area contributed by atoms with Crippen LogP contribution >= 0.6 is 0 Å². The Hall–Kier alpha value is -2.69. The lowest BCUT2D eigenvalue weighted by molar-refractivity contribution is -0.154. The number of ether oxygens (including phenoxy) is 2. The molecule has 172 valence electrons. The van der Waals surface area contributed by atoms with Crippen LogP contribution in [0.4, 0.5) is 0 Å². The zero-order chi connectivity index (χ0) is 23.0. The average molecular weight is 450 g/mol. The summed E-state index contributed by atoms with van der Waals surface area (Å²) in [6.45, 7) is 1.73. The maximum absolute atomic E-state index is 10.6. The average Bonchev–Trinajstić information content (AvgIpc) is 3.49. The molecule has 4 N–H and O–H groups in total. The van der Waals surface area contributed by atoms with Gasteiger partial charge in [0, 0.05) is 13.0 Å². The molecule has 33 heavy (non-hydrogen) atoms. The number of benzene rings is 2. The van der Waals surface area contributed by atoms with Crippen molar-refractivity contribution in [2.24, 2.45) is 20.7 Å². The molecule has 1 saturated heterocycles. The van der Waals surface area contributed by atoms with Crippen LogP contribution in [0.3, 0.4) is 0 Å². The third-order valence-electron chi connectivity index (χ3n) is 7.60. The van der Waals surface area contributed by atoms with Crippen molar-refractivity contribution < 1.29 is 19.7 Å². The Balaban J connectivity index is 1.38. The van der Waals surface area contributed by atoms with Crippen molar-refractivity contribution in [1.29, 1.82) is 0 Å². The molecule has 3 heterocycles. The number of rotatable bonds is 4. The van der Waals surface area contributed by atoms with Gasteiger partial charge in [0.05, 0.1) is 6.61 Å². The van der Waals surface area contributed by atoms with E-state index in [0.717, 1.165) is 6.42 Å². The normalized spacial score (nSPS) is 36.9. The van der Waals surface area contributed by atoms with Crippen molar-refractivity contribution in [2.75, 3.05) is 20.4 Å². The second-order valence-corrected chi connectivity index (χ2v) is 9.26. The topological polar surface area (TPSA) is 125 Å². The minimum Gasteiger partial charge on any atom is -0.394 e. The summed E-state index contributed by atoms with van der Waals surface area (Å²) in [6.07, 6.45) is -0.211. The van der Waals surface area contributed by atoms with Crippen molar-refractivity contribution in [3.63, 3.8) is 0 Å². The summed E-state index contributed by atoms with van der Waals surface area (Å²) in [5, 5.41) is 22.8. The highest BCUT2D eigenvalue weighted by atomic mass is 16.6. The SMILES string of the molecule is CO[C@@H]1[C@H](O)[C@@H](CO)O[C@@]1(C)N1CN=C2C1=NC=NC2(N)C1Cc2cccc3cccc1c23. The predicted octanol–water partition coefficient (Wildman–Crippen LogP) is 0.772. The van der Waals surface area contributed by atoms with Crippen LogP contribution in [0.1, 0.15) is 24.0 Å². The number of fused-ring (bicyclic) bond motifs is 1. The number of hydrogen-bond acceptors (Lipinski definition) is 9. The van der Waals surface area contributed by atoms with Gasteiger partial charge >= 0.3 is 0 Å². The number of nitrogens with two attached hydrogens (primary N) is 1. The van der Waals surface area contributed by atoms with E-state index >= 15 is 0 Å². The molecule has 2 unspecified atom stereocenters. The first-order valence-electron chi connectivity index (χ1n) is 11.2. The Bertz CT molecular complexity index is 1220. The van der Waals surface area contributed by atoms with Gasteiger partial charge in [-0.05, 0) is 35.2 Å². The lowest BCUT2D eigenvalue weighted by Crippen LogP contribution is -2.62. The lowest BCUT2D eigenvalue weighted by Gasteiger charge is -2.41. The summed E-state index contributed by atoms with van der Waals surface area (Å²) in [4.78, 5) is 15.8. The van der Waals surface area contributed by atoms with Crippen molar-refractivity contribution in [2.45, 2.75) is 49.0 Å². The molecule has 3 aliphatic heterocycles. The molecule has 2 aromatic carbocycles. The van der Waals surface area contributed by atoms with Gasteiger partial charge in [-0.25, -0.2) is 9.98 Å². The second kappa shape index (κ2) is 7.15. The maximum atomic E-state index is 10.6. The highest BCUT2D eigenvalue weighted by Crippen LogP contribution is 2.46. The predicted molar refractivity (Wildman–Crippen MR) is 125 cm³/mol. The molecule has 4 aliphatic rings. The van der Waals surface area contributed by atoms with Crippen molar-refractivity contribution in [3.05, 3.63) is 47.5 Å². The van der Waals surface area contributed by atoms with E-state index in [4.69, 9.17) is 20.2 Å². The van der Waals surface area contributed by atoms with Crippen LogP contribution in [0.15, 0.2) is 51.4 Å². The zero-order valence-corrected chi connectivity index (χ0v) is 18.5. The molecule has 0 saturated carbocycles. The fraction of sp³-hybridized carbons (Fsp3) is 0.458. The smallest absolute Gasteiger partial charge is 0.170 e. The van der Waals surface area contributed by atoms with Crippen LogP contribution < -0.4 is 5.73 Å². The van der Waals surface area contributed by atoms with Gasteiger partial charge in [0.15, 0.2) is 17.2 Å². The number of nitrogens with zero attached hydrogens (tertiary/aromatic N) is 4. The number of amidine groups is 1. The third-order valence-corrected chi connectivity index (χ3v) is 7.60. The molecule has 9 heteroatoms. The number of aliphatic hydroxyl groups excluding tert-OH is 2. The number of hydrogen-bond donors (Lipinski definition) is 3. The quantitative estimate of drug-likeness (QED) is 0.633. The van der Waals surface area contributed by atoms with E-state index < -0.39 is 29.7 Å². The Morgan fingerprint density at radius 3 is 2.82 bits per heavy atom. The molecule has 9 nitrogen and oxygen atoms in total. The van der Waals surface area contributed by atoms with Gasteiger partial charge in [-0.2, -0.15) is 0 Å². The molecule has 6 rings (SSSR count). The summed E-state index contributed by atoms with van der Waals surface area (Å²) in [7, 11) is 1.51. The lowest BCUT2D eigenvalue weighted by atomic mass is 9.82. The molecule has 0 bridgehead atoms. The summed E-state index contributed by atoms with van der Waals surface area (Å²) in [5.41, 5.74) is 7.90. The van der Waals surface area contributed by atoms with E-state index in [1.54, 1.807) is 0 Å². The van der Waals surface area contributed by atoms with Gasteiger partial charge in [0.25, 0.3) is 0 Å². The van der Waals surface area contributed by atoms with Crippen molar-refractivity contribution >= 4 is 28.7 Å². The number of aliphatic hydroxyl groups is 2. The fourth-order valence-electron chi connectivity index (χ4n) is 6.00. The maximum Gasteiger partial charge on any atom is 0.170 e. The van der Waals surface area contributed by atoms with Crippen LogP contribution in [0, 0.1) is 0 Å². The fourth-order valence-corrected chi connectivity index (χ4v) is 6.00. The van der Waals surface area contributed by atoms with E-state index in [1.165, 1.54) is 35.3 Å². The van der Waals surface area contributed by atoms with E-state index in [0.29, 0.717) is 11.5 Å². The Morgan fingerprint density at radius 1 is 1.27 bits per heavy atom. The van der Waals surface area contributed by atoms with Crippen LogP contribution in [0.5, 0.6) is 0 Å². The highest BCUT2D eigenvalue weighted by Gasteiger charge is 2.59. The van der Waals surface area contributed by atoms with Crippen LogP contribution in [0.2, 0.25) is 0 Å². The van der Waals surface area contributed by atoms with Crippen LogP contribution in [0.25, 0.3) is 10.8 Å². The summed E-state index contributed by atoms with van der Waals surface area (Å²) in [5.74, 6) is 0.469. The van der Waals surface area contributed by atoms with Gasteiger partial charge in [-0.1, -0.05) is 36.4 Å². The summed E-state index contributed by atoms with van der Waals surface area (Å²) < 4.78 is 11.7. The molecule has 0 aromatic heterocycles. The molecule has 1 fully saturated rings. The number of aliphatic imine (C=N–C) groups is 3.